The normalized spacial score (nSPS) is 26.7. The number of nitrogens with one attached hydrogen (secondary N) is 1. The maximum atomic E-state index is 6.23. The van der Waals surface area contributed by atoms with E-state index in [9.17, 15) is 0 Å². The average Bonchev–Trinajstić information content (AvgIpc) is 3.30. The first-order chi connectivity index (χ1) is 10.2. The molecule has 2 unspecified atom stereocenters. The molecule has 0 bridgehead atoms. The lowest BCUT2D eigenvalue weighted by molar-refractivity contribution is 0.195. The SMILES string of the molecule is C#CC1(c2ccccc2)c2cc(Cl)ccc2N2NC2N1C. The molecule has 0 saturated carbocycles. The van der Waals surface area contributed by atoms with E-state index in [1.807, 2.05) is 43.4 Å². The standard InChI is InChI=1S/C17H14ClN3/c1-3-17(12-7-5-4-6-8-12)14-11-13(18)9-10-15(14)21-16(19-21)20(17)2/h1,4-11,16,19H,2H3. The summed E-state index contributed by atoms with van der Waals surface area (Å²) in [6.07, 6.45) is 6.15. The fourth-order valence-corrected chi connectivity index (χ4v) is 3.41. The van der Waals surface area contributed by atoms with Gasteiger partial charge in [0.05, 0.1) is 5.69 Å². The van der Waals surface area contributed by atoms with Crippen molar-refractivity contribution in [2.75, 3.05) is 12.1 Å². The van der Waals surface area contributed by atoms with Crippen LogP contribution in [0.15, 0.2) is 48.5 Å². The van der Waals surface area contributed by atoms with E-state index in [0.29, 0.717) is 5.02 Å². The predicted molar refractivity (Wildman–Crippen MR) is 84.7 cm³/mol. The Bertz CT molecular complexity index is 752. The number of hydrazine groups is 1. The molecule has 4 heteroatoms. The summed E-state index contributed by atoms with van der Waals surface area (Å²) in [7, 11) is 2.04. The van der Waals surface area contributed by atoms with Crippen LogP contribution in [0.2, 0.25) is 5.02 Å². The summed E-state index contributed by atoms with van der Waals surface area (Å²) in [5.41, 5.74) is 5.91. The van der Waals surface area contributed by atoms with Crippen molar-refractivity contribution in [1.29, 1.82) is 0 Å². The van der Waals surface area contributed by atoms with Crippen LogP contribution in [-0.2, 0) is 5.54 Å². The third-order valence-corrected chi connectivity index (χ3v) is 4.57. The summed E-state index contributed by atoms with van der Waals surface area (Å²) in [4.78, 5) is 2.17. The molecule has 2 heterocycles. The molecule has 0 aromatic heterocycles. The van der Waals surface area contributed by atoms with Crippen molar-refractivity contribution in [3.63, 3.8) is 0 Å². The second-order valence-corrected chi connectivity index (χ2v) is 5.80. The molecule has 2 aromatic carbocycles. The Balaban J connectivity index is 2.04. The lowest BCUT2D eigenvalue weighted by Crippen LogP contribution is -2.49. The molecule has 2 aliphatic heterocycles. The van der Waals surface area contributed by atoms with Crippen LogP contribution < -0.4 is 10.4 Å². The van der Waals surface area contributed by atoms with Gasteiger partial charge in [0.15, 0.2) is 6.29 Å². The number of fused-ring (bicyclic) bond motifs is 3. The summed E-state index contributed by atoms with van der Waals surface area (Å²) >= 11 is 6.23. The summed E-state index contributed by atoms with van der Waals surface area (Å²) in [5.74, 6) is 3.02. The number of terminal acetylenes is 1. The minimum absolute atomic E-state index is 0.120. The first kappa shape index (κ1) is 12.7. The minimum Gasteiger partial charge on any atom is -0.272 e. The molecular formula is C17H14ClN3. The summed E-state index contributed by atoms with van der Waals surface area (Å²) in [6, 6.07) is 16.0. The molecule has 2 aromatic rings. The Morgan fingerprint density at radius 3 is 2.71 bits per heavy atom. The number of nitrogens with zero attached hydrogens (tertiary/aromatic N) is 2. The maximum Gasteiger partial charge on any atom is 0.170 e. The summed E-state index contributed by atoms with van der Waals surface area (Å²) in [6.45, 7) is 0. The Kier molecular flexibility index (Phi) is 2.58. The number of anilines is 1. The lowest BCUT2D eigenvalue weighted by Gasteiger charge is -2.42. The molecule has 4 rings (SSSR count). The first-order valence-electron chi connectivity index (χ1n) is 6.80. The Morgan fingerprint density at radius 1 is 1.24 bits per heavy atom. The zero-order valence-corrected chi connectivity index (χ0v) is 12.3. The van der Waals surface area contributed by atoms with Gasteiger partial charge in [-0.3, -0.25) is 5.01 Å². The van der Waals surface area contributed by atoms with E-state index in [-0.39, 0.29) is 6.29 Å². The van der Waals surface area contributed by atoms with Crippen LogP contribution in [0.3, 0.4) is 0 Å². The largest absolute Gasteiger partial charge is 0.272 e. The van der Waals surface area contributed by atoms with Crippen LogP contribution in [0.1, 0.15) is 11.1 Å². The van der Waals surface area contributed by atoms with Crippen LogP contribution in [0.25, 0.3) is 0 Å². The van der Waals surface area contributed by atoms with E-state index in [1.54, 1.807) is 0 Å². The van der Waals surface area contributed by atoms with Crippen molar-refractivity contribution in [1.82, 2.24) is 10.3 Å². The van der Waals surface area contributed by atoms with E-state index in [2.05, 4.69) is 33.4 Å². The molecule has 0 radical (unpaired) electrons. The monoisotopic (exact) mass is 295 g/mol. The van der Waals surface area contributed by atoms with Crippen LogP contribution in [0.5, 0.6) is 0 Å². The molecule has 2 atom stereocenters. The third-order valence-electron chi connectivity index (χ3n) is 4.34. The van der Waals surface area contributed by atoms with Gasteiger partial charge in [0.25, 0.3) is 0 Å². The Morgan fingerprint density at radius 2 is 2.00 bits per heavy atom. The second kappa shape index (κ2) is 4.25. The highest BCUT2D eigenvalue weighted by Gasteiger charge is 2.55. The van der Waals surface area contributed by atoms with E-state index >= 15 is 0 Å². The number of hydrogen-bond acceptors (Lipinski definition) is 3. The molecule has 1 N–H and O–H groups in total. The smallest absolute Gasteiger partial charge is 0.170 e. The van der Waals surface area contributed by atoms with Crippen molar-refractivity contribution in [3.8, 4) is 12.3 Å². The van der Waals surface area contributed by atoms with Crippen molar-refractivity contribution < 1.29 is 0 Å². The second-order valence-electron chi connectivity index (χ2n) is 5.37. The molecule has 1 fully saturated rings. The van der Waals surface area contributed by atoms with Crippen LogP contribution >= 0.6 is 11.6 Å². The zero-order chi connectivity index (χ0) is 14.6. The van der Waals surface area contributed by atoms with Gasteiger partial charge in [-0.1, -0.05) is 47.9 Å². The molecule has 104 valence electrons. The number of hydrogen-bond donors (Lipinski definition) is 1. The Hall–Kier alpha value is -1.99. The summed E-state index contributed by atoms with van der Waals surface area (Å²) in [5, 5.41) is 2.79. The third kappa shape index (κ3) is 1.58. The van der Waals surface area contributed by atoms with Gasteiger partial charge in [0, 0.05) is 10.6 Å². The molecule has 0 aliphatic carbocycles. The molecule has 0 spiro atoms. The first-order valence-corrected chi connectivity index (χ1v) is 7.18. The number of rotatable bonds is 1. The molecule has 2 aliphatic rings. The van der Waals surface area contributed by atoms with Gasteiger partial charge in [-0.2, -0.15) is 5.43 Å². The predicted octanol–water partition coefficient (Wildman–Crippen LogP) is 2.77. The highest BCUT2D eigenvalue weighted by molar-refractivity contribution is 6.30. The average molecular weight is 296 g/mol. The van der Waals surface area contributed by atoms with Crippen LogP contribution in [-0.4, -0.2) is 18.2 Å². The van der Waals surface area contributed by atoms with Gasteiger partial charge in [-0.25, -0.2) is 4.90 Å². The fraction of sp³-hybridized carbons (Fsp3) is 0.176. The minimum atomic E-state index is -0.619. The molecule has 21 heavy (non-hydrogen) atoms. The highest BCUT2D eigenvalue weighted by Crippen LogP contribution is 2.49. The van der Waals surface area contributed by atoms with Gasteiger partial charge in [-0.05, 0) is 30.8 Å². The maximum absolute atomic E-state index is 6.23. The summed E-state index contributed by atoms with van der Waals surface area (Å²) < 4.78 is 0. The quantitative estimate of drug-likeness (QED) is 0.648. The number of benzene rings is 2. The molecular weight excluding hydrogens is 282 g/mol. The van der Waals surface area contributed by atoms with Crippen molar-refractivity contribution in [2.45, 2.75) is 11.8 Å². The van der Waals surface area contributed by atoms with Crippen molar-refractivity contribution in [2.24, 2.45) is 0 Å². The van der Waals surface area contributed by atoms with E-state index in [4.69, 9.17) is 18.0 Å². The number of halogens is 1. The van der Waals surface area contributed by atoms with E-state index in [0.717, 1.165) is 16.8 Å². The fourth-order valence-electron chi connectivity index (χ4n) is 3.24. The van der Waals surface area contributed by atoms with Crippen LogP contribution in [0.4, 0.5) is 5.69 Å². The van der Waals surface area contributed by atoms with E-state index in [1.165, 1.54) is 0 Å². The van der Waals surface area contributed by atoms with Gasteiger partial charge in [-0.15, -0.1) is 6.42 Å². The highest BCUT2D eigenvalue weighted by atomic mass is 35.5. The van der Waals surface area contributed by atoms with Gasteiger partial charge in [0.2, 0.25) is 0 Å². The topological polar surface area (TPSA) is 28.2 Å². The molecule has 0 amide bonds. The lowest BCUT2D eigenvalue weighted by atomic mass is 9.80. The van der Waals surface area contributed by atoms with Crippen molar-refractivity contribution in [3.05, 3.63) is 64.7 Å². The van der Waals surface area contributed by atoms with E-state index < -0.39 is 5.54 Å². The van der Waals surface area contributed by atoms with Crippen LogP contribution in [0, 0.1) is 12.3 Å². The van der Waals surface area contributed by atoms with Gasteiger partial charge in [0.1, 0.15) is 5.54 Å². The van der Waals surface area contributed by atoms with Gasteiger partial charge >= 0.3 is 0 Å². The van der Waals surface area contributed by atoms with Gasteiger partial charge < -0.3 is 0 Å². The molecule has 3 nitrogen and oxygen atoms in total. The molecule has 1 saturated heterocycles. The zero-order valence-electron chi connectivity index (χ0n) is 11.5. The van der Waals surface area contributed by atoms with Crippen molar-refractivity contribution >= 4 is 17.3 Å². The Labute approximate surface area is 129 Å².